The Kier molecular flexibility index (Phi) is 4.97. The van der Waals surface area contributed by atoms with E-state index in [1.54, 1.807) is 6.26 Å². The lowest BCUT2D eigenvalue weighted by Gasteiger charge is -2.20. The number of carbonyl (C=O) groups excluding carboxylic acids is 1. The van der Waals surface area contributed by atoms with Crippen LogP contribution < -0.4 is 16.4 Å². The molecule has 4 rings (SSSR count). The van der Waals surface area contributed by atoms with Crippen LogP contribution >= 0.6 is 0 Å². The average molecular weight is 398 g/mol. The maximum atomic E-state index is 15.2. The summed E-state index contributed by atoms with van der Waals surface area (Å²) in [7, 11) is 0. The number of carbonyl (C=O) groups is 1. The summed E-state index contributed by atoms with van der Waals surface area (Å²) in [4.78, 5) is 16.3. The first-order valence-corrected chi connectivity index (χ1v) is 9.53. The number of nitrogens with zero attached hydrogens (tertiary/aromatic N) is 1. The molecular formula is C21H23FN4O3. The highest BCUT2D eigenvalue weighted by Crippen LogP contribution is 2.40. The number of pyridine rings is 1. The Morgan fingerprint density at radius 2 is 2.21 bits per heavy atom. The molecular weight excluding hydrogens is 375 g/mol. The topological polar surface area (TPSA) is 113 Å². The van der Waals surface area contributed by atoms with Crippen molar-refractivity contribution >= 4 is 22.7 Å². The van der Waals surface area contributed by atoms with Gasteiger partial charge in [-0.3, -0.25) is 10.1 Å². The smallest absolute Gasteiger partial charge is 0.239 e. The molecule has 2 atom stereocenters. The number of aromatic nitrogens is 1. The lowest BCUT2D eigenvalue weighted by atomic mass is 10.00. The van der Waals surface area contributed by atoms with Crippen LogP contribution in [0.2, 0.25) is 0 Å². The lowest BCUT2D eigenvalue weighted by molar-refractivity contribution is -0.119. The summed E-state index contributed by atoms with van der Waals surface area (Å²) in [5, 5.41) is 16.9. The number of hydrogen-bond donors (Lipinski definition) is 4. The van der Waals surface area contributed by atoms with Gasteiger partial charge in [0.05, 0.1) is 5.69 Å². The Balaban J connectivity index is 1.87. The molecule has 5 N–H and O–H groups in total. The second-order valence-corrected chi connectivity index (χ2v) is 7.67. The first kappa shape index (κ1) is 19.4. The summed E-state index contributed by atoms with van der Waals surface area (Å²) in [5.41, 5.74) is 7.89. The van der Waals surface area contributed by atoms with Crippen LogP contribution in [0.5, 0.6) is 0 Å². The van der Waals surface area contributed by atoms with E-state index in [1.165, 1.54) is 0 Å². The lowest BCUT2D eigenvalue weighted by Crippen LogP contribution is -2.37. The minimum atomic E-state index is -1.05. The maximum absolute atomic E-state index is 15.2. The number of furan rings is 1. The summed E-state index contributed by atoms with van der Waals surface area (Å²) in [6, 6.07) is 6.65. The van der Waals surface area contributed by atoms with Crippen molar-refractivity contribution in [3.63, 3.8) is 0 Å². The average Bonchev–Trinajstić information content (AvgIpc) is 3.27. The molecule has 0 fully saturated rings. The minimum Gasteiger partial charge on any atom is -0.464 e. The number of hydrogen-bond acceptors (Lipinski definition) is 6. The van der Waals surface area contributed by atoms with E-state index in [9.17, 15) is 9.90 Å². The van der Waals surface area contributed by atoms with Crippen LogP contribution in [0.1, 0.15) is 37.6 Å². The molecule has 0 saturated carbocycles. The molecule has 29 heavy (non-hydrogen) atoms. The second-order valence-electron chi connectivity index (χ2n) is 7.67. The third-order valence-electron chi connectivity index (χ3n) is 5.12. The Morgan fingerprint density at radius 1 is 1.45 bits per heavy atom. The zero-order valence-electron chi connectivity index (χ0n) is 16.2. The van der Waals surface area contributed by atoms with E-state index < -0.39 is 24.0 Å². The van der Waals surface area contributed by atoms with Gasteiger partial charge in [-0.2, -0.15) is 0 Å². The summed E-state index contributed by atoms with van der Waals surface area (Å²) in [6.45, 7) is 4.05. The molecule has 7 nitrogen and oxygen atoms in total. The van der Waals surface area contributed by atoms with Crippen molar-refractivity contribution in [3.8, 4) is 11.3 Å². The predicted molar refractivity (Wildman–Crippen MR) is 107 cm³/mol. The zero-order valence-corrected chi connectivity index (χ0v) is 16.2. The van der Waals surface area contributed by atoms with E-state index in [-0.39, 0.29) is 18.3 Å². The van der Waals surface area contributed by atoms with Gasteiger partial charge in [0.1, 0.15) is 24.1 Å². The monoisotopic (exact) mass is 398 g/mol. The summed E-state index contributed by atoms with van der Waals surface area (Å²) < 4.78 is 20.8. The number of aliphatic hydroxyl groups excluding tert-OH is 1. The van der Waals surface area contributed by atoms with Crippen molar-refractivity contribution in [1.82, 2.24) is 10.3 Å². The zero-order chi connectivity index (χ0) is 20.7. The van der Waals surface area contributed by atoms with Crippen LogP contribution in [0.15, 0.2) is 34.9 Å². The molecule has 1 aliphatic heterocycles. The van der Waals surface area contributed by atoms with Gasteiger partial charge in [-0.1, -0.05) is 32.0 Å². The number of benzene rings is 1. The third kappa shape index (κ3) is 3.45. The number of amides is 1. The Labute approximate surface area is 167 Å². The van der Waals surface area contributed by atoms with Crippen LogP contribution in [0.3, 0.4) is 0 Å². The van der Waals surface area contributed by atoms with Crippen molar-refractivity contribution < 1.29 is 18.7 Å². The SMILES string of the molecule is CC(C)C[C@@H](Nc1nc(-c2coc3ccccc23)c2c(c1F)CNC2O)C(N)=O. The van der Waals surface area contributed by atoms with Gasteiger partial charge in [0.25, 0.3) is 0 Å². The number of halogens is 1. The fraction of sp³-hybridized carbons (Fsp3) is 0.333. The molecule has 3 heterocycles. The fourth-order valence-corrected chi connectivity index (χ4v) is 3.74. The van der Waals surface area contributed by atoms with Crippen LogP contribution in [0.4, 0.5) is 10.2 Å². The molecule has 1 amide bonds. The molecule has 1 unspecified atom stereocenters. The van der Waals surface area contributed by atoms with E-state index >= 15 is 4.39 Å². The molecule has 0 aliphatic carbocycles. The van der Waals surface area contributed by atoms with E-state index in [2.05, 4.69) is 15.6 Å². The first-order chi connectivity index (χ1) is 13.9. The van der Waals surface area contributed by atoms with E-state index in [0.717, 1.165) is 5.39 Å². The molecule has 0 radical (unpaired) electrons. The van der Waals surface area contributed by atoms with Crippen LogP contribution in [0, 0.1) is 11.7 Å². The number of para-hydroxylation sites is 1. The number of aliphatic hydroxyl groups is 1. The van der Waals surface area contributed by atoms with Gasteiger partial charge < -0.3 is 20.6 Å². The Morgan fingerprint density at radius 3 is 2.93 bits per heavy atom. The van der Waals surface area contributed by atoms with E-state index in [4.69, 9.17) is 10.2 Å². The summed E-state index contributed by atoms with van der Waals surface area (Å²) in [5.74, 6) is -1.06. The van der Waals surface area contributed by atoms with Crippen LogP contribution in [0.25, 0.3) is 22.2 Å². The Hall–Kier alpha value is -2.97. The number of anilines is 1. The van der Waals surface area contributed by atoms with E-state index in [1.807, 2.05) is 38.1 Å². The quantitative estimate of drug-likeness (QED) is 0.508. The van der Waals surface area contributed by atoms with Gasteiger partial charge in [-0.05, 0) is 18.4 Å². The molecule has 0 spiro atoms. The van der Waals surface area contributed by atoms with Gasteiger partial charge in [0, 0.05) is 28.6 Å². The highest BCUT2D eigenvalue weighted by molar-refractivity contribution is 5.94. The van der Waals surface area contributed by atoms with Crippen molar-refractivity contribution in [2.75, 3.05) is 5.32 Å². The predicted octanol–water partition coefficient (Wildman–Crippen LogP) is 3.04. The molecule has 2 aromatic heterocycles. The molecule has 1 aromatic carbocycles. The highest BCUT2D eigenvalue weighted by Gasteiger charge is 2.32. The minimum absolute atomic E-state index is 0.0654. The standard InChI is InChI=1S/C21H23FN4O3/c1-10(2)7-14(19(23)27)25-20-17(22)12-8-24-21(28)16(12)18(26-20)13-9-29-15-6-4-3-5-11(13)15/h3-6,9-10,14,21,24,28H,7-8H2,1-2H3,(H2,23,27)(H,25,26)/t14-,21?/m1/s1. The van der Waals surface area contributed by atoms with Gasteiger partial charge in [-0.25, -0.2) is 9.37 Å². The second kappa shape index (κ2) is 7.46. The largest absolute Gasteiger partial charge is 0.464 e. The van der Waals surface area contributed by atoms with Crippen molar-refractivity contribution in [2.24, 2.45) is 11.7 Å². The number of rotatable bonds is 6. The number of nitrogens with two attached hydrogens (primary N) is 1. The molecule has 0 saturated heterocycles. The van der Waals surface area contributed by atoms with Gasteiger partial charge >= 0.3 is 0 Å². The van der Waals surface area contributed by atoms with Gasteiger partial charge in [0.15, 0.2) is 11.6 Å². The molecule has 3 aromatic rings. The molecule has 0 bridgehead atoms. The first-order valence-electron chi connectivity index (χ1n) is 9.53. The van der Waals surface area contributed by atoms with Crippen molar-refractivity contribution in [1.29, 1.82) is 0 Å². The van der Waals surface area contributed by atoms with Crippen molar-refractivity contribution in [2.45, 2.75) is 39.1 Å². The summed E-state index contributed by atoms with van der Waals surface area (Å²) >= 11 is 0. The number of primary amides is 1. The van der Waals surface area contributed by atoms with Gasteiger partial charge in [-0.15, -0.1) is 0 Å². The normalized spacial score (nSPS) is 16.9. The van der Waals surface area contributed by atoms with Crippen LogP contribution in [-0.2, 0) is 11.3 Å². The number of fused-ring (bicyclic) bond motifs is 2. The summed E-state index contributed by atoms with van der Waals surface area (Å²) in [6.07, 6.45) is 0.935. The van der Waals surface area contributed by atoms with E-state index in [0.29, 0.717) is 34.4 Å². The van der Waals surface area contributed by atoms with Crippen LogP contribution in [-0.4, -0.2) is 22.0 Å². The maximum Gasteiger partial charge on any atom is 0.239 e. The third-order valence-corrected chi connectivity index (χ3v) is 5.12. The Bertz CT molecular complexity index is 1080. The molecule has 8 heteroatoms. The highest BCUT2D eigenvalue weighted by atomic mass is 19.1. The molecule has 1 aliphatic rings. The van der Waals surface area contributed by atoms with Gasteiger partial charge in [0.2, 0.25) is 5.91 Å². The fourth-order valence-electron chi connectivity index (χ4n) is 3.74. The number of nitrogens with one attached hydrogen (secondary N) is 2. The molecule has 152 valence electrons. The van der Waals surface area contributed by atoms with Crippen molar-refractivity contribution in [3.05, 3.63) is 47.5 Å².